The largest absolute Gasteiger partial charge is 0.373 e. The first-order valence-electron chi connectivity index (χ1n) is 6.24. The number of epoxide rings is 1. The first-order valence-corrected chi connectivity index (χ1v) is 6.24. The van der Waals surface area contributed by atoms with Crippen molar-refractivity contribution in [1.29, 1.82) is 0 Å². The fourth-order valence-electron chi connectivity index (χ4n) is 1.90. The Labute approximate surface area is 98.1 Å². The van der Waals surface area contributed by atoms with Crippen LogP contribution >= 0.6 is 0 Å². The summed E-state index contributed by atoms with van der Waals surface area (Å²) in [4.78, 5) is 0. The second kappa shape index (κ2) is 5.86. The van der Waals surface area contributed by atoms with Crippen molar-refractivity contribution in [3.05, 3.63) is 41.5 Å². The van der Waals surface area contributed by atoms with Gasteiger partial charge in [-0.2, -0.15) is 0 Å². The highest BCUT2D eigenvalue weighted by molar-refractivity contribution is 5.52. The van der Waals surface area contributed by atoms with Crippen LogP contribution in [0.3, 0.4) is 0 Å². The predicted octanol–water partition coefficient (Wildman–Crippen LogP) is 4.05. The standard InChI is InChI=1S/C15H20O/c1-2-3-7-14(11-15-12-16-15)10-13-8-5-4-6-9-13/h4-6,8-10,15H,2-3,7,11-12H2,1H3. The zero-order valence-corrected chi connectivity index (χ0v) is 9.99. The Morgan fingerprint density at radius 2 is 2.12 bits per heavy atom. The average molecular weight is 216 g/mol. The Hall–Kier alpha value is -1.08. The van der Waals surface area contributed by atoms with E-state index in [4.69, 9.17) is 4.74 Å². The number of hydrogen-bond donors (Lipinski definition) is 0. The average Bonchev–Trinajstić information content (AvgIpc) is 3.11. The van der Waals surface area contributed by atoms with Crippen LogP contribution in [0.15, 0.2) is 35.9 Å². The van der Waals surface area contributed by atoms with Crippen LogP contribution in [0.4, 0.5) is 0 Å². The molecule has 1 nitrogen and oxygen atoms in total. The molecule has 1 unspecified atom stereocenters. The lowest BCUT2D eigenvalue weighted by Crippen LogP contribution is -1.91. The van der Waals surface area contributed by atoms with E-state index >= 15 is 0 Å². The molecule has 1 atom stereocenters. The second-order valence-corrected chi connectivity index (χ2v) is 4.48. The summed E-state index contributed by atoms with van der Waals surface area (Å²) in [6.07, 6.45) is 7.72. The van der Waals surface area contributed by atoms with E-state index in [-0.39, 0.29) is 0 Å². The van der Waals surface area contributed by atoms with Crippen molar-refractivity contribution in [3.63, 3.8) is 0 Å². The van der Waals surface area contributed by atoms with Gasteiger partial charge in [-0.15, -0.1) is 0 Å². The monoisotopic (exact) mass is 216 g/mol. The molecule has 2 rings (SSSR count). The van der Waals surface area contributed by atoms with E-state index in [1.807, 2.05) is 0 Å². The van der Waals surface area contributed by atoms with Gasteiger partial charge in [0.15, 0.2) is 0 Å². The minimum absolute atomic E-state index is 0.506. The van der Waals surface area contributed by atoms with E-state index in [9.17, 15) is 0 Å². The first-order chi connectivity index (χ1) is 7.88. The van der Waals surface area contributed by atoms with Gasteiger partial charge >= 0.3 is 0 Å². The maximum absolute atomic E-state index is 5.32. The second-order valence-electron chi connectivity index (χ2n) is 4.48. The number of ether oxygens (including phenoxy) is 1. The van der Waals surface area contributed by atoms with Gasteiger partial charge in [-0.1, -0.05) is 55.3 Å². The lowest BCUT2D eigenvalue weighted by Gasteiger charge is -2.05. The highest BCUT2D eigenvalue weighted by atomic mass is 16.6. The van der Waals surface area contributed by atoms with Crippen LogP contribution in [-0.4, -0.2) is 12.7 Å². The molecule has 0 N–H and O–H groups in total. The molecule has 1 saturated heterocycles. The van der Waals surface area contributed by atoms with Gasteiger partial charge in [0.2, 0.25) is 0 Å². The summed E-state index contributed by atoms with van der Waals surface area (Å²) in [5.74, 6) is 0. The van der Waals surface area contributed by atoms with Gasteiger partial charge in [0.25, 0.3) is 0 Å². The van der Waals surface area contributed by atoms with E-state index in [2.05, 4.69) is 43.3 Å². The molecule has 16 heavy (non-hydrogen) atoms. The Morgan fingerprint density at radius 3 is 2.75 bits per heavy atom. The zero-order valence-electron chi connectivity index (χ0n) is 9.99. The molecule has 1 aromatic carbocycles. The SMILES string of the molecule is CCCCC(=Cc1ccccc1)CC1CO1. The van der Waals surface area contributed by atoms with Gasteiger partial charge in [0, 0.05) is 0 Å². The third-order valence-electron chi connectivity index (χ3n) is 2.91. The Kier molecular flexibility index (Phi) is 4.17. The Morgan fingerprint density at radius 1 is 1.38 bits per heavy atom. The lowest BCUT2D eigenvalue weighted by atomic mass is 10.0. The van der Waals surface area contributed by atoms with Crippen molar-refractivity contribution in [1.82, 2.24) is 0 Å². The van der Waals surface area contributed by atoms with Crippen LogP contribution in [0.5, 0.6) is 0 Å². The normalized spacial score (nSPS) is 19.8. The van der Waals surface area contributed by atoms with Crippen molar-refractivity contribution in [2.24, 2.45) is 0 Å². The van der Waals surface area contributed by atoms with Crippen LogP contribution in [0.2, 0.25) is 0 Å². The summed E-state index contributed by atoms with van der Waals surface area (Å²) in [7, 11) is 0. The molecule has 1 aliphatic rings. The first kappa shape index (κ1) is 11.4. The molecule has 0 amide bonds. The third-order valence-corrected chi connectivity index (χ3v) is 2.91. The van der Waals surface area contributed by atoms with Gasteiger partial charge < -0.3 is 4.74 Å². The number of hydrogen-bond acceptors (Lipinski definition) is 1. The van der Waals surface area contributed by atoms with E-state index in [0.717, 1.165) is 13.0 Å². The van der Waals surface area contributed by atoms with Crippen LogP contribution in [-0.2, 0) is 4.74 Å². The molecule has 0 radical (unpaired) electrons. The molecule has 1 heterocycles. The van der Waals surface area contributed by atoms with E-state index < -0.39 is 0 Å². The minimum Gasteiger partial charge on any atom is -0.373 e. The summed E-state index contributed by atoms with van der Waals surface area (Å²) in [6, 6.07) is 10.6. The van der Waals surface area contributed by atoms with E-state index in [0.29, 0.717) is 6.10 Å². The molecule has 1 aromatic rings. The number of unbranched alkanes of at least 4 members (excludes halogenated alkanes) is 1. The van der Waals surface area contributed by atoms with Crippen LogP contribution in [0.25, 0.3) is 6.08 Å². The molecule has 86 valence electrons. The minimum atomic E-state index is 0.506. The molecule has 0 bridgehead atoms. The Bertz CT molecular complexity index is 336. The third kappa shape index (κ3) is 3.82. The molecule has 1 heteroatoms. The molecular weight excluding hydrogens is 196 g/mol. The number of rotatable bonds is 6. The van der Waals surface area contributed by atoms with E-state index in [1.54, 1.807) is 0 Å². The topological polar surface area (TPSA) is 12.5 Å². The molecule has 0 saturated carbocycles. The summed E-state index contributed by atoms with van der Waals surface area (Å²) < 4.78 is 5.32. The van der Waals surface area contributed by atoms with Gasteiger partial charge in [-0.25, -0.2) is 0 Å². The summed E-state index contributed by atoms with van der Waals surface area (Å²) >= 11 is 0. The fraction of sp³-hybridized carbons (Fsp3) is 0.467. The molecule has 0 aromatic heterocycles. The summed E-state index contributed by atoms with van der Waals surface area (Å²) in [6.45, 7) is 3.20. The van der Waals surface area contributed by atoms with Crippen molar-refractivity contribution < 1.29 is 4.74 Å². The van der Waals surface area contributed by atoms with Crippen LogP contribution in [0.1, 0.15) is 38.2 Å². The van der Waals surface area contributed by atoms with Crippen molar-refractivity contribution in [3.8, 4) is 0 Å². The zero-order chi connectivity index (χ0) is 11.2. The fourth-order valence-corrected chi connectivity index (χ4v) is 1.90. The maximum Gasteiger partial charge on any atom is 0.0847 e. The van der Waals surface area contributed by atoms with Gasteiger partial charge in [0.05, 0.1) is 12.7 Å². The highest BCUT2D eigenvalue weighted by Crippen LogP contribution is 2.24. The van der Waals surface area contributed by atoms with Crippen molar-refractivity contribution in [2.75, 3.05) is 6.61 Å². The maximum atomic E-state index is 5.32. The number of benzene rings is 1. The van der Waals surface area contributed by atoms with Crippen molar-refractivity contribution >= 4 is 6.08 Å². The highest BCUT2D eigenvalue weighted by Gasteiger charge is 2.23. The lowest BCUT2D eigenvalue weighted by molar-refractivity contribution is 0.405. The van der Waals surface area contributed by atoms with Gasteiger partial charge in [-0.3, -0.25) is 0 Å². The summed E-state index contributed by atoms with van der Waals surface area (Å²) in [5.41, 5.74) is 2.85. The molecule has 1 fully saturated rings. The molecular formula is C15H20O. The van der Waals surface area contributed by atoms with Crippen LogP contribution < -0.4 is 0 Å². The van der Waals surface area contributed by atoms with Crippen LogP contribution in [0, 0.1) is 0 Å². The molecule has 0 aliphatic carbocycles. The van der Waals surface area contributed by atoms with Crippen molar-refractivity contribution in [2.45, 2.75) is 38.7 Å². The van der Waals surface area contributed by atoms with Gasteiger partial charge in [-0.05, 0) is 24.8 Å². The predicted molar refractivity (Wildman–Crippen MR) is 68.3 cm³/mol. The van der Waals surface area contributed by atoms with E-state index in [1.165, 1.54) is 30.4 Å². The molecule has 1 aliphatic heterocycles. The Balaban J connectivity index is 2.00. The quantitative estimate of drug-likeness (QED) is 0.653. The molecule has 0 spiro atoms. The summed E-state index contributed by atoms with van der Waals surface area (Å²) in [5, 5.41) is 0. The smallest absolute Gasteiger partial charge is 0.0847 e. The van der Waals surface area contributed by atoms with Gasteiger partial charge in [0.1, 0.15) is 0 Å².